The minimum Gasteiger partial charge on any atom is -0.395 e. The third-order valence-electron chi connectivity index (χ3n) is 3.44. The van der Waals surface area contributed by atoms with Crippen LogP contribution in [0.25, 0.3) is 0 Å². The van der Waals surface area contributed by atoms with E-state index < -0.39 is 0 Å². The van der Waals surface area contributed by atoms with Crippen LogP contribution in [0.2, 0.25) is 0 Å². The molecule has 6 nitrogen and oxygen atoms in total. The lowest BCUT2D eigenvalue weighted by atomic mass is 10.2. The third-order valence-corrected chi connectivity index (χ3v) is 3.44. The number of nitrogen functional groups attached to an aromatic ring is 1. The number of likely N-dealkylation sites (tertiary alicyclic amines) is 1. The van der Waals surface area contributed by atoms with E-state index in [9.17, 15) is 4.79 Å². The minimum atomic E-state index is -0.123. The molecule has 0 radical (unpaired) electrons. The molecule has 1 atom stereocenters. The van der Waals surface area contributed by atoms with Crippen molar-refractivity contribution in [3.05, 3.63) is 11.4 Å². The molecule has 100 valence electrons. The highest BCUT2D eigenvalue weighted by molar-refractivity contribution is 5.98. The van der Waals surface area contributed by atoms with Crippen LogP contribution in [0.15, 0.2) is 0 Å². The second kappa shape index (κ2) is 4.97. The molecule has 1 aliphatic heterocycles. The van der Waals surface area contributed by atoms with Gasteiger partial charge in [-0.2, -0.15) is 5.10 Å². The van der Waals surface area contributed by atoms with Crippen molar-refractivity contribution >= 4 is 11.6 Å². The lowest BCUT2D eigenvalue weighted by Gasteiger charge is -2.13. The molecule has 1 aromatic rings. The van der Waals surface area contributed by atoms with Crippen molar-refractivity contribution < 1.29 is 4.79 Å². The summed E-state index contributed by atoms with van der Waals surface area (Å²) in [6, 6.07) is 0.210. The average molecular weight is 251 g/mol. The predicted molar refractivity (Wildman–Crippen MR) is 70.4 cm³/mol. The van der Waals surface area contributed by atoms with Gasteiger partial charge in [0.1, 0.15) is 5.69 Å². The number of anilines is 1. The smallest absolute Gasteiger partial charge is 0.271 e. The molecule has 0 saturated carbocycles. The first kappa shape index (κ1) is 12.9. The lowest BCUT2D eigenvalue weighted by molar-refractivity contribution is 0.0930. The van der Waals surface area contributed by atoms with Gasteiger partial charge in [-0.3, -0.25) is 9.48 Å². The highest BCUT2D eigenvalue weighted by atomic mass is 16.2. The summed E-state index contributed by atoms with van der Waals surface area (Å²) in [7, 11) is 3.81. The second-order valence-corrected chi connectivity index (χ2v) is 4.91. The Morgan fingerprint density at radius 2 is 2.28 bits per heavy atom. The molecule has 3 N–H and O–H groups in total. The maximum atomic E-state index is 12.2. The molecular formula is C12H21N5O. The van der Waals surface area contributed by atoms with Crippen LogP contribution in [0, 0.1) is 0 Å². The highest BCUT2D eigenvalue weighted by Gasteiger charge is 2.25. The van der Waals surface area contributed by atoms with Crippen LogP contribution >= 0.6 is 0 Å². The Bertz CT molecular complexity index is 454. The summed E-state index contributed by atoms with van der Waals surface area (Å²) in [5.41, 5.74) is 7.72. The fraction of sp³-hybridized carbons (Fsp3) is 0.667. The number of nitrogens with zero attached hydrogens (tertiary/aromatic N) is 3. The zero-order valence-corrected chi connectivity index (χ0v) is 11.2. The first-order valence-corrected chi connectivity index (χ1v) is 6.33. The first-order valence-electron chi connectivity index (χ1n) is 6.33. The van der Waals surface area contributed by atoms with Crippen LogP contribution in [0.1, 0.15) is 29.5 Å². The molecule has 0 bridgehead atoms. The van der Waals surface area contributed by atoms with Gasteiger partial charge >= 0.3 is 0 Å². The summed E-state index contributed by atoms with van der Waals surface area (Å²) in [6.45, 7) is 3.89. The fourth-order valence-corrected chi connectivity index (χ4v) is 2.43. The molecule has 0 aliphatic carbocycles. The highest BCUT2D eigenvalue weighted by Crippen LogP contribution is 2.17. The number of rotatable bonds is 3. The number of amides is 1. The van der Waals surface area contributed by atoms with E-state index in [-0.39, 0.29) is 11.9 Å². The van der Waals surface area contributed by atoms with Gasteiger partial charge in [-0.15, -0.1) is 0 Å². The van der Waals surface area contributed by atoms with Crippen molar-refractivity contribution in [1.29, 1.82) is 0 Å². The Balaban J connectivity index is 2.11. The van der Waals surface area contributed by atoms with Crippen molar-refractivity contribution in [3.63, 3.8) is 0 Å². The molecule has 1 saturated heterocycles. The minimum absolute atomic E-state index is 0.123. The van der Waals surface area contributed by atoms with Gasteiger partial charge in [0.2, 0.25) is 0 Å². The van der Waals surface area contributed by atoms with Gasteiger partial charge in [-0.05, 0) is 26.4 Å². The van der Waals surface area contributed by atoms with E-state index in [0.29, 0.717) is 11.4 Å². The van der Waals surface area contributed by atoms with E-state index in [1.807, 2.05) is 6.92 Å². The molecule has 6 heteroatoms. The molecular weight excluding hydrogens is 230 g/mol. The second-order valence-electron chi connectivity index (χ2n) is 4.91. The fourth-order valence-electron chi connectivity index (χ4n) is 2.43. The van der Waals surface area contributed by atoms with Crippen LogP contribution in [-0.2, 0) is 13.5 Å². The van der Waals surface area contributed by atoms with Crippen molar-refractivity contribution in [2.24, 2.45) is 7.05 Å². The Kier molecular flexibility index (Phi) is 3.56. The SMILES string of the molecule is CCc1nn(C)c(C(=O)NC2CCN(C)C2)c1N. The van der Waals surface area contributed by atoms with Crippen molar-refractivity contribution in [2.45, 2.75) is 25.8 Å². The number of aryl methyl sites for hydroxylation is 2. The molecule has 1 amide bonds. The molecule has 1 aromatic heterocycles. The number of likely N-dealkylation sites (N-methyl/N-ethyl adjacent to an activating group) is 1. The van der Waals surface area contributed by atoms with Crippen LogP contribution in [0.4, 0.5) is 5.69 Å². The number of nitrogens with one attached hydrogen (secondary N) is 1. The lowest BCUT2D eigenvalue weighted by Crippen LogP contribution is -2.37. The largest absolute Gasteiger partial charge is 0.395 e. The van der Waals surface area contributed by atoms with E-state index >= 15 is 0 Å². The first-order chi connectivity index (χ1) is 8.52. The monoisotopic (exact) mass is 251 g/mol. The summed E-state index contributed by atoms with van der Waals surface area (Å²) in [5.74, 6) is -0.123. The van der Waals surface area contributed by atoms with E-state index in [0.717, 1.165) is 31.6 Å². The number of carbonyl (C=O) groups is 1. The van der Waals surface area contributed by atoms with E-state index in [4.69, 9.17) is 5.73 Å². The summed E-state index contributed by atoms with van der Waals surface area (Å²) < 4.78 is 1.57. The number of aromatic nitrogens is 2. The van der Waals surface area contributed by atoms with Gasteiger partial charge in [0, 0.05) is 19.6 Å². The predicted octanol–water partition coefficient (Wildman–Crippen LogP) is -0.00140. The maximum absolute atomic E-state index is 12.2. The van der Waals surface area contributed by atoms with Gasteiger partial charge in [0.25, 0.3) is 5.91 Å². The van der Waals surface area contributed by atoms with Gasteiger partial charge in [-0.1, -0.05) is 6.92 Å². The molecule has 1 unspecified atom stereocenters. The molecule has 18 heavy (non-hydrogen) atoms. The summed E-state index contributed by atoms with van der Waals surface area (Å²) in [4.78, 5) is 14.4. The summed E-state index contributed by atoms with van der Waals surface area (Å²) in [5, 5.41) is 7.28. The Hall–Kier alpha value is -1.56. The van der Waals surface area contributed by atoms with E-state index in [1.54, 1.807) is 11.7 Å². The van der Waals surface area contributed by atoms with Gasteiger partial charge in [0.05, 0.1) is 11.4 Å². The van der Waals surface area contributed by atoms with Crippen molar-refractivity contribution in [3.8, 4) is 0 Å². The molecule has 0 aromatic carbocycles. The summed E-state index contributed by atoms with van der Waals surface area (Å²) >= 11 is 0. The number of hydrogen-bond acceptors (Lipinski definition) is 4. The van der Waals surface area contributed by atoms with Crippen LogP contribution < -0.4 is 11.1 Å². The van der Waals surface area contributed by atoms with Crippen LogP contribution in [0.5, 0.6) is 0 Å². The van der Waals surface area contributed by atoms with Gasteiger partial charge < -0.3 is 16.0 Å². The average Bonchev–Trinajstić information content (AvgIpc) is 2.83. The van der Waals surface area contributed by atoms with E-state index in [1.165, 1.54) is 0 Å². The Morgan fingerprint density at radius 1 is 1.56 bits per heavy atom. The number of carbonyl (C=O) groups excluding carboxylic acids is 1. The zero-order valence-electron chi connectivity index (χ0n) is 11.2. The van der Waals surface area contributed by atoms with Crippen molar-refractivity contribution in [1.82, 2.24) is 20.0 Å². The molecule has 0 spiro atoms. The molecule has 2 heterocycles. The maximum Gasteiger partial charge on any atom is 0.271 e. The molecule has 1 aliphatic rings. The Labute approximate surface area is 107 Å². The van der Waals surface area contributed by atoms with Crippen LogP contribution in [-0.4, -0.2) is 46.8 Å². The zero-order chi connectivity index (χ0) is 13.3. The quantitative estimate of drug-likeness (QED) is 0.793. The topological polar surface area (TPSA) is 76.2 Å². The normalized spacial score (nSPS) is 20.3. The third kappa shape index (κ3) is 2.33. The summed E-state index contributed by atoms with van der Waals surface area (Å²) in [6.07, 6.45) is 1.72. The van der Waals surface area contributed by atoms with Gasteiger partial charge in [-0.25, -0.2) is 0 Å². The van der Waals surface area contributed by atoms with Crippen molar-refractivity contribution in [2.75, 3.05) is 25.9 Å². The number of nitrogens with two attached hydrogens (primary N) is 1. The molecule has 1 fully saturated rings. The standard InChI is InChI=1S/C12H21N5O/c1-4-9-10(13)11(17(3)15-9)12(18)14-8-5-6-16(2)7-8/h8H,4-7,13H2,1-3H3,(H,14,18). The van der Waals surface area contributed by atoms with E-state index in [2.05, 4.69) is 22.4 Å². The Morgan fingerprint density at radius 3 is 2.78 bits per heavy atom. The molecule has 2 rings (SSSR count). The number of hydrogen-bond donors (Lipinski definition) is 2. The van der Waals surface area contributed by atoms with Crippen LogP contribution in [0.3, 0.4) is 0 Å². The van der Waals surface area contributed by atoms with Gasteiger partial charge in [0.15, 0.2) is 0 Å².